The Labute approximate surface area is 204 Å². The lowest BCUT2D eigenvalue weighted by molar-refractivity contribution is -0.140. The maximum Gasteiger partial charge on any atom is 0.344 e. The van der Waals surface area contributed by atoms with Crippen LogP contribution in [-0.4, -0.2) is 54.1 Å². The number of hydrogen-bond acceptors (Lipinski definition) is 6. The topological polar surface area (TPSA) is 100 Å². The van der Waals surface area contributed by atoms with Crippen LogP contribution in [-0.2, 0) is 15.1 Å². The molecule has 0 unspecified atom stereocenters. The summed E-state index contributed by atoms with van der Waals surface area (Å²) in [5.41, 5.74) is 3.10. The molecule has 0 aromatic heterocycles. The summed E-state index contributed by atoms with van der Waals surface area (Å²) in [6.07, 6.45) is 3.06. The number of ether oxygens (including phenoxy) is 2. The summed E-state index contributed by atoms with van der Waals surface area (Å²) in [4.78, 5) is 41.0. The van der Waals surface area contributed by atoms with Gasteiger partial charge in [-0.05, 0) is 49.1 Å². The van der Waals surface area contributed by atoms with Crippen LogP contribution in [0.4, 0.5) is 4.79 Å². The Morgan fingerprint density at radius 1 is 1.09 bits per heavy atom. The Bertz CT molecular complexity index is 1120. The Hall–Kier alpha value is -3.59. The van der Waals surface area contributed by atoms with Gasteiger partial charge < -0.3 is 14.8 Å². The molecule has 5 rings (SSSR count). The maximum atomic E-state index is 13.3. The van der Waals surface area contributed by atoms with Crippen molar-refractivity contribution in [3.8, 4) is 11.5 Å². The number of fused-ring (bicyclic) bond motifs is 1. The van der Waals surface area contributed by atoms with Crippen LogP contribution in [0.2, 0.25) is 0 Å². The standard InChI is InChI=1S/C26H30N4O5/c1-2-26(19-8-4-3-5-9-19)24(32)30(25(33)27-26)28-23(31)17-29-13-6-10-20(29)18-11-12-21-22(16-18)35-15-7-14-34-21/h3-5,8-9,11-12,16,20H,2,6-7,10,13-15,17H2,1H3,(H,27,33)(H,28,31)/t20-,26+/m1/s1. The van der Waals surface area contributed by atoms with E-state index < -0.39 is 23.4 Å². The summed E-state index contributed by atoms with van der Waals surface area (Å²) < 4.78 is 11.6. The number of carbonyl (C=O) groups excluding carboxylic acids is 3. The van der Waals surface area contributed by atoms with Crippen LogP contribution in [0.1, 0.15) is 49.8 Å². The third-order valence-corrected chi connectivity index (χ3v) is 6.99. The molecule has 2 fully saturated rings. The number of likely N-dealkylation sites (tertiary alicyclic amines) is 1. The number of benzene rings is 2. The molecule has 184 valence electrons. The number of imide groups is 1. The molecular weight excluding hydrogens is 448 g/mol. The SMILES string of the molecule is CC[C@@]1(c2ccccc2)NC(=O)N(NC(=O)CN2CCC[C@@H]2c2ccc3c(c2)OCCCO3)C1=O. The molecule has 2 aromatic rings. The van der Waals surface area contributed by atoms with Crippen LogP contribution in [0.15, 0.2) is 48.5 Å². The minimum absolute atomic E-state index is 0.0417. The summed E-state index contributed by atoms with van der Waals surface area (Å²) in [5.74, 6) is 0.581. The van der Waals surface area contributed by atoms with E-state index in [1.165, 1.54) is 0 Å². The Morgan fingerprint density at radius 2 is 1.86 bits per heavy atom. The van der Waals surface area contributed by atoms with Gasteiger partial charge in [0.2, 0.25) is 0 Å². The summed E-state index contributed by atoms with van der Waals surface area (Å²) in [6.45, 7) is 3.90. The molecule has 3 aliphatic rings. The summed E-state index contributed by atoms with van der Waals surface area (Å²) in [5, 5.41) is 3.60. The second kappa shape index (κ2) is 9.58. The molecule has 3 heterocycles. The molecule has 0 radical (unpaired) electrons. The Balaban J connectivity index is 1.27. The summed E-state index contributed by atoms with van der Waals surface area (Å²) in [6, 6.07) is 14.4. The molecule has 9 nitrogen and oxygen atoms in total. The van der Waals surface area contributed by atoms with E-state index in [0.717, 1.165) is 47.9 Å². The predicted molar refractivity (Wildman–Crippen MR) is 128 cm³/mol. The Morgan fingerprint density at radius 3 is 2.63 bits per heavy atom. The van der Waals surface area contributed by atoms with Crippen molar-refractivity contribution in [1.82, 2.24) is 20.7 Å². The minimum atomic E-state index is -1.19. The zero-order valence-corrected chi connectivity index (χ0v) is 19.8. The highest BCUT2D eigenvalue weighted by molar-refractivity contribution is 6.08. The fraction of sp³-hybridized carbons (Fsp3) is 0.423. The number of urea groups is 1. The molecule has 3 aliphatic heterocycles. The molecule has 2 aromatic carbocycles. The fourth-order valence-corrected chi connectivity index (χ4v) is 5.16. The van der Waals surface area contributed by atoms with Crippen molar-refractivity contribution in [1.29, 1.82) is 0 Å². The smallest absolute Gasteiger partial charge is 0.344 e. The quantitative estimate of drug-likeness (QED) is 0.620. The first-order valence-electron chi connectivity index (χ1n) is 12.2. The van der Waals surface area contributed by atoms with E-state index in [9.17, 15) is 14.4 Å². The van der Waals surface area contributed by atoms with Gasteiger partial charge in [-0.1, -0.05) is 43.3 Å². The highest BCUT2D eigenvalue weighted by Gasteiger charge is 2.52. The molecule has 2 saturated heterocycles. The maximum absolute atomic E-state index is 13.3. The van der Waals surface area contributed by atoms with Crippen molar-refractivity contribution in [3.05, 3.63) is 59.7 Å². The van der Waals surface area contributed by atoms with Crippen molar-refractivity contribution >= 4 is 17.8 Å². The molecule has 0 spiro atoms. The number of hydrogen-bond donors (Lipinski definition) is 2. The van der Waals surface area contributed by atoms with Gasteiger partial charge in [0.25, 0.3) is 11.8 Å². The van der Waals surface area contributed by atoms with E-state index in [2.05, 4.69) is 15.6 Å². The van der Waals surface area contributed by atoms with Gasteiger partial charge in [-0.15, -0.1) is 0 Å². The van der Waals surface area contributed by atoms with E-state index >= 15 is 0 Å². The van der Waals surface area contributed by atoms with Crippen LogP contribution >= 0.6 is 0 Å². The zero-order chi connectivity index (χ0) is 24.4. The first-order chi connectivity index (χ1) is 17.0. The average Bonchev–Trinajstić information content (AvgIpc) is 3.32. The van der Waals surface area contributed by atoms with Crippen LogP contribution in [0.25, 0.3) is 0 Å². The number of nitrogens with zero attached hydrogens (tertiary/aromatic N) is 2. The highest BCUT2D eigenvalue weighted by Crippen LogP contribution is 2.38. The van der Waals surface area contributed by atoms with Gasteiger partial charge >= 0.3 is 6.03 Å². The third kappa shape index (κ3) is 4.32. The normalized spacial score (nSPS) is 24.3. The lowest BCUT2D eigenvalue weighted by Crippen LogP contribution is -2.51. The van der Waals surface area contributed by atoms with Crippen molar-refractivity contribution in [2.24, 2.45) is 0 Å². The van der Waals surface area contributed by atoms with E-state index in [1.54, 1.807) is 12.1 Å². The van der Waals surface area contributed by atoms with Gasteiger partial charge in [0.1, 0.15) is 5.54 Å². The largest absolute Gasteiger partial charge is 0.490 e. The van der Waals surface area contributed by atoms with Crippen LogP contribution in [0, 0.1) is 0 Å². The molecular formula is C26H30N4O5. The number of carbonyl (C=O) groups is 3. The molecule has 0 saturated carbocycles. The van der Waals surface area contributed by atoms with Crippen LogP contribution < -0.4 is 20.2 Å². The molecule has 4 amide bonds. The summed E-state index contributed by atoms with van der Waals surface area (Å²) in [7, 11) is 0. The molecule has 9 heteroatoms. The van der Waals surface area contributed by atoms with Gasteiger partial charge in [0.15, 0.2) is 11.5 Å². The molecule has 2 atom stereocenters. The minimum Gasteiger partial charge on any atom is -0.490 e. The van der Waals surface area contributed by atoms with Gasteiger partial charge in [-0.2, -0.15) is 5.01 Å². The van der Waals surface area contributed by atoms with Crippen LogP contribution in [0.5, 0.6) is 11.5 Å². The number of nitrogens with one attached hydrogen (secondary N) is 2. The number of amides is 4. The van der Waals surface area contributed by atoms with Crippen molar-refractivity contribution in [3.63, 3.8) is 0 Å². The predicted octanol–water partition coefficient (Wildman–Crippen LogP) is 2.87. The number of rotatable bonds is 6. The van der Waals surface area contributed by atoms with Crippen molar-refractivity contribution in [2.45, 2.75) is 44.2 Å². The van der Waals surface area contributed by atoms with E-state index in [-0.39, 0.29) is 12.6 Å². The molecule has 2 N–H and O–H groups in total. The van der Waals surface area contributed by atoms with Crippen molar-refractivity contribution < 1.29 is 23.9 Å². The van der Waals surface area contributed by atoms with E-state index in [4.69, 9.17) is 9.47 Å². The third-order valence-electron chi connectivity index (χ3n) is 6.99. The van der Waals surface area contributed by atoms with Gasteiger partial charge in [-0.3, -0.25) is 19.9 Å². The number of hydrazine groups is 1. The monoisotopic (exact) mass is 478 g/mol. The average molecular weight is 479 g/mol. The van der Waals surface area contributed by atoms with E-state index in [0.29, 0.717) is 25.2 Å². The first-order valence-corrected chi connectivity index (χ1v) is 12.2. The lowest BCUT2D eigenvalue weighted by Gasteiger charge is -2.27. The molecule has 35 heavy (non-hydrogen) atoms. The second-order valence-electron chi connectivity index (χ2n) is 9.12. The lowest BCUT2D eigenvalue weighted by atomic mass is 9.87. The Kier molecular flexibility index (Phi) is 6.34. The second-order valence-corrected chi connectivity index (χ2v) is 9.12. The van der Waals surface area contributed by atoms with Gasteiger partial charge in [0, 0.05) is 12.5 Å². The van der Waals surface area contributed by atoms with E-state index in [1.807, 2.05) is 43.3 Å². The zero-order valence-electron chi connectivity index (χ0n) is 19.8. The summed E-state index contributed by atoms with van der Waals surface area (Å²) >= 11 is 0. The first kappa shape index (κ1) is 23.2. The molecule has 0 aliphatic carbocycles. The molecule has 0 bridgehead atoms. The van der Waals surface area contributed by atoms with Gasteiger partial charge in [0.05, 0.1) is 19.8 Å². The fourth-order valence-electron chi connectivity index (χ4n) is 5.16. The van der Waals surface area contributed by atoms with Crippen LogP contribution in [0.3, 0.4) is 0 Å². The van der Waals surface area contributed by atoms with Gasteiger partial charge in [-0.25, -0.2) is 4.79 Å². The highest BCUT2D eigenvalue weighted by atomic mass is 16.5. The van der Waals surface area contributed by atoms with Crippen molar-refractivity contribution in [2.75, 3.05) is 26.3 Å².